The standard InChI is InChI=1S/C10H16N2O3S/c13-9(14)8-6-12(7-8)10(15)11-2-1-4-16-5-3-11/h8H,1-7H2,(H,13,14). The molecule has 0 aliphatic carbocycles. The highest BCUT2D eigenvalue weighted by Gasteiger charge is 2.37. The first-order chi connectivity index (χ1) is 7.68. The van der Waals surface area contributed by atoms with Crippen molar-refractivity contribution in [1.29, 1.82) is 0 Å². The maximum absolute atomic E-state index is 12.0. The number of carboxylic acids is 1. The zero-order valence-electron chi connectivity index (χ0n) is 9.09. The van der Waals surface area contributed by atoms with Crippen LogP contribution in [0.5, 0.6) is 0 Å². The average Bonchev–Trinajstić information content (AvgIpc) is 2.42. The van der Waals surface area contributed by atoms with Crippen LogP contribution in [0.25, 0.3) is 0 Å². The van der Waals surface area contributed by atoms with Crippen molar-refractivity contribution in [2.24, 2.45) is 5.92 Å². The zero-order valence-corrected chi connectivity index (χ0v) is 9.91. The molecule has 0 aromatic rings. The summed E-state index contributed by atoms with van der Waals surface area (Å²) in [6.07, 6.45) is 1.03. The van der Waals surface area contributed by atoms with Crippen molar-refractivity contribution in [3.05, 3.63) is 0 Å². The number of hydrogen-bond donors (Lipinski definition) is 1. The fraction of sp³-hybridized carbons (Fsp3) is 0.800. The quantitative estimate of drug-likeness (QED) is 0.732. The van der Waals surface area contributed by atoms with Gasteiger partial charge < -0.3 is 14.9 Å². The predicted molar refractivity (Wildman–Crippen MR) is 61.6 cm³/mol. The predicted octanol–water partition coefficient (Wildman–Crippen LogP) is 0.562. The van der Waals surface area contributed by atoms with Gasteiger partial charge in [0, 0.05) is 31.9 Å². The molecular formula is C10H16N2O3S. The van der Waals surface area contributed by atoms with Gasteiger partial charge >= 0.3 is 12.0 Å². The summed E-state index contributed by atoms with van der Waals surface area (Å²) in [7, 11) is 0. The molecular weight excluding hydrogens is 228 g/mol. The summed E-state index contributed by atoms with van der Waals surface area (Å²) in [5, 5.41) is 8.73. The van der Waals surface area contributed by atoms with Crippen molar-refractivity contribution in [2.45, 2.75) is 6.42 Å². The van der Waals surface area contributed by atoms with E-state index in [-0.39, 0.29) is 11.9 Å². The van der Waals surface area contributed by atoms with E-state index in [9.17, 15) is 9.59 Å². The minimum Gasteiger partial charge on any atom is -0.481 e. The van der Waals surface area contributed by atoms with Gasteiger partial charge in [-0.05, 0) is 12.2 Å². The molecule has 2 rings (SSSR count). The van der Waals surface area contributed by atoms with Gasteiger partial charge in [-0.2, -0.15) is 11.8 Å². The highest BCUT2D eigenvalue weighted by Crippen LogP contribution is 2.19. The van der Waals surface area contributed by atoms with Gasteiger partial charge in [0.25, 0.3) is 0 Å². The molecule has 5 nitrogen and oxygen atoms in total. The monoisotopic (exact) mass is 244 g/mol. The molecule has 2 saturated heterocycles. The molecule has 2 aliphatic rings. The van der Waals surface area contributed by atoms with Crippen LogP contribution in [0.15, 0.2) is 0 Å². The second-order valence-corrected chi connectivity index (χ2v) is 5.40. The van der Waals surface area contributed by atoms with Crippen LogP contribution in [-0.4, -0.2) is 64.6 Å². The lowest BCUT2D eigenvalue weighted by Gasteiger charge is -2.39. The van der Waals surface area contributed by atoms with Crippen LogP contribution in [0.4, 0.5) is 4.79 Å². The molecule has 90 valence electrons. The SMILES string of the molecule is O=C(O)C1CN(C(=O)N2CCCSCC2)C1. The molecule has 0 atom stereocenters. The van der Waals surface area contributed by atoms with E-state index in [2.05, 4.69) is 0 Å². The minimum absolute atomic E-state index is 0.0139. The molecule has 0 aromatic heterocycles. The Morgan fingerprint density at radius 1 is 1.12 bits per heavy atom. The molecule has 0 bridgehead atoms. The van der Waals surface area contributed by atoms with Gasteiger partial charge in [-0.1, -0.05) is 0 Å². The lowest BCUT2D eigenvalue weighted by Crippen LogP contribution is -2.57. The molecule has 2 aliphatic heterocycles. The molecule has 0 spiro atoms. The third-order valence-electron chi connectivity index (χ3n) is 2.99. The number of amides is 2. The molecule has 2 fully saturated rings. The van der Waals surface area contributed by atoms with Gasteiger partial charge in [0.15, 0.2) is 0 Å². The van der Waals surface area contributed by atoms with Crippen LogP contribution in [0.1, 0.15) is 6.42 Å². The van der Waals surface area contributed by atoms with Gasteiger partial charge in [-0.3, -0.25) is 4.79 Å². The largest absolute Gasteiger partial charge is 0.481 e. The fourth-order valence-electron chi connectivity index (χ4n) is 1.93. The Balaban J connectivity index is 1.81. The van der Waals surface area contributed by atoms with E-state index in [1.807, 2.05) is 16.7 Å². The van der Waals surface area contributed by atoms with Crippen LogP contribution in [0, 0.1) is 5.92 Å². The van der Waals surface area contributed by atoms with E-state index < -0.39 is 5.97 Å². The highest BCUT2D eigenvalue weighted by atomic mass is 32.2. The molecule has 0 radical (unpaired) electrons. The Morgan fingerprint density at radius 3 is 2.56 bits per heavy atom. The van der Waals surface area contributed by atoms with Crippen LogP contribution in [-0.2, 0) is 4.79 Å². The van der Waals surface area contributed by atoms with Crippen LogP contribution in [0.3, 0.4) is 0 Å². The molecule has 2 amide bonds. The van der Waals surface area contributed by atoms with Gasteiger partial charge in [-0.25, -0.2) is 4.79 Å². The van der Waals surface area contributed by atoms with Crippen LogP contribution >= 0.6 is 11.8 Å². The van der Waals surface area contributed by atoms with E-state index in [1.54, 1.807) is 4.90 Å². The third-order valence-corrected chi connectivity index (χ3v) is 4.04. The maximum atomic E-state index is 12.0. The molecule has 16 heavy (non-hydrogen) atoms. The van der Waals surface area contributed by atoms with E-state index in [0.29, 0.717) is 13.1 Å². The Bertz CT molecular complexity index is 284. The second-order valence-electron chi connectivity index (χ2n) is 4.18. The van der Waals surface area contributed by atoms with Crippen molar-refractivity contribution in [2.75, 3.05) is 37.7 Å². The number of thioether (sulfide) groups is 1. The number of nitrogens with zero attached hydrogens (tertiary/aromatic N) is 2. The van der Waals surface area contributed by atoms with Crippen molar-refractivity contribution in [3.8, 4) is 0 Å². The van der Waals surface area contributed by atoms with Gasteiger partial charge in [0.05, 0.1) is 5.92 Å². The number of hydrogen-bond acceptors (Lipinski definition) is 3. The van der Waals surface area contributed by atoms with Gasteiger partial charge in [-0.15, -0.1) is 0 Å². The highest BCUT2D eigenvalue weighted by molar-refractivity contribution is 7.99. The van der Waals surface area contributed by atoms with Crippen molar-refractivity contribution >= 4 is 23.8 Å². The Labute approximate surface area is 98.8 Å². The summed E-state index contributed by atoms with van der Waals surface area (Å²) in [6, 6.07) is 0.0139. The molecule has 0 unspecified atom stereocenters. The van der Waals surface area contributed by atoms with Crippen molar-refractivity contribution in [1.82, 2.24) is 9.80 Å². The molecule has 0 aromatic carbocycles. The molecule has 0 saturated carbocycles. The lowest BCUT2D eigenvalue weighted by atomic mass is 10.0. The maximum Gasteiger partial charge on any atom is 0.320 e. The number of urea groups is 1. The summed E-state index contributed by atoms with van der Waals surface area (Å²) >= 11 is 1.87. The summed E-state index contributed by atoms with van der Waals surface area (Å²) in [5.41, 5.74) is 0. The second kappa shape index (κ2) is 4.95. The molecule has 1 N–H and O–H groups in total. The number of carboxylic acid groups (broad SMARTS) is 1. The van der Waals surface area contributed by atoms with Gasteiger partial charge in [0.2, 0.25) is 0 Å². The fourth-order valence-corrected chi connectivity index (χ4v) is 2.82. The Kier molecular flexibility index (Phi) is 3.58. The number of likely N-dealkylation sites (tertiary alicyclic amines) is 1. The van der Waals surface area contributed by atoms with Gasteiger partial charge in [0.1, 0.15) is 0 Å². The molecule has 2 heterocycles. The van der Waals surface area contributed by atoms with Crippen LogP contribution < -0.4 is 0 Å². The lowest BCUT2D eigenvalue weighted by molar-refractivity contribution is -0.146. The zero-order chi connectivity index (χ0) is 11.5. The first-order valence-electron chi connectivity index (χ1n) is 5.53. The summed E-state index contributed by atoms with van der Waals surface area (Å²) < 4.78 is 0. The average molecular weight is 244 g/mol. The first kappa shape index (κ1) is 11.6. The number of aliphatic carboxylic acids is 1. The normalized spacial score (nSPS) is 22.5. The minimum atomic E-state index is -0.796. The summed E-state index contributed by atoms with van der Waals surface area (Å²) in [4.78, 5) is 26.1. The number of rotatable bonds is 1. The smallest absolute Gasteiger partial charge is 0.320 e. The Hall–Kier alpha value is -0.910. The van der Waals surface area contributed by atoms with E-state index in [1.165, 1.54) is 0 Å². The third kappa shape index (κ3) is 2.42. The molecule has 6 heteroatoms. The van der Waals surface area contributed by atoms with Crippen molar-refractivity contribution < 1.29 is 14.7 Å². The number of carbonyl (C=O) groups is 2. The number of carbonyl (C=O) groups excluding carboxylic acids is 1. The van der Waals surface area contributed by atoms with E-state index >= 15 is 0 Å². The summed E-state index contributed by atoms with van der Waals surface area (Å²) in [5.74, 6) is 0.949. The van der Waals surface area contributed by atoms with E-state index in [0.717, 1.165) is 31.0 Å². The first-order valence-corrected chi connectivity index (χ1v) is 6.68. The topological polar surface area (TPSA) is 60.9 Å². The summed E-state index contributed by atoms with van der Waals surface area (Å²) in [6.45, 7) is 2.34. The van der Waals surface area contributed by atoms with E-state index in [4.69, 9.17) is 5.11 Å². The Morgan fingerprint density at radius 2 is 1.88 bits per heavy atom. The van der Waals surface area contributed by atoms with Crippen molar-refractivity contribution in [3.63, 3.8) is 0 Å². The van der Waals surface area contributed by atoms with Crippen LogP contribution in [0.2, 0.25) is 0 Å².